The maximum absolute atomic E-state index is 6.24. The van der Waals surface area contributed by atoms with E-state index in [2.05, 4.69) is 36.5 Å². The van der Waals surface area contributed by atoms with Crippen LogP contribution in [0.25, 0.3) is 0 Å². The zero-order chi connectivity index (χ0) is 13.8. The Morgan fingerprint density at radius 1 is 1.05 bits per heavy atom. The molecule has 0 spiro atoms. The number of aryl methyl sites for hydroxylation is 1. The van der Waals surface area contributed by atoms with Gasteiger partial charge in [-0.3, -0.25) is 0 Å². The van der Waals surface area contributed by atoms with Gasteiger partial charge in [0.15, 0.2) is 0 Å². The number of hydrogen-bond donors (Lipinski definition) is 1. The molecule has 0 saturated carbocycles. The van der Waals surface area contributed by atoms with E-state index in [-0.39, 0.29) is 6.04 Å². The summed E-state index contributed by atoms with van der Waals surface area (Å²) in [5, 5.41) is 4.78. The molecule has 0 aliphatic rings. The summed E-state index contributed by atoms with van der Waals surface area (Å²) in [4.78, 5) is 0. The number of nitrogens with one attached hydrogen (secondary N) is 1. The van der Waals surface area contributed by atoms with E-state index < -0.39 is 0 Å². The third-order valence-electron chi connectivity index (χ3n) is 3.26. The third kappa shape index (κ3) is 3.50. The molecule has 1 N–H and O–H groups in total. The molecule has 0 aliphatic carbocycles. The van der Waals surface area contributed by atoms with Crippen molar-refractivity contribution in [1.29, 1.82) is 0 Å². The smallest absolute Gasteiger partial charge is 0.0453 e. The fourth-order valence-corrected chi connectivity index (χ4v) is 2.76. The minimum absolute atomic E-state index is 0.206. The Bertz CT molecular complexity index is 546. The van der Waals surface area contributed by atoms with Crippen LogP contribution in [-0.4, -0.2) is 7.05 Å². The van der Waals surface area contributed by atoms with Gasteiger partial charge in [0.1, 0.15) is 0 Å². The molecule has 0 aliphatic heterocycles. The Hall–Kier alpha value is -1.02. The van der Waals surface area contributed by atoms with E-state index in [1.807, 2.05) is 25.2 Å². The van der Waals surface area contributed by atoms with Crippen LogP contribution in [0.1, 0.15) is 22.7 Å². The number of benzene rings is 2. The molecule has 0 bridgehead atoms. The molecule has 2 aromatic rings. The number of halogens is 2. The monoisotopic (exact) mass is 293 g/mol. The maximum atomic E-state index is 6.24. The van der Waals surface area contributed by atoms with Crippen molar-refractivity contribution < 1.29 is 0 Å². The van der Waals surface area contributed by atoms with Crippen molar-refractivity contribution in [3.8, 4) is 0 Å². The molecule has 1 unspecified atom stereocenters. The molecule has 3 heteroatoms. The van der Waals surface area contributed by atoms with Crippen molar-refractivity contribution in [1.82, 2.24) is 5.32 Å². The van der Waals surface area contributed by atoms with Gasteiger partial charge >= 0.3 is 0 Å². The van der Waals surface area contributed by atoms with Crippen molar-refractivity contribution in [3.63, 3.8) is 0 Å². The van der Waals surface area contributed by atoms with Gasteiger partial charge in [-0.05, 0) is 43.7 Å². The van der Waals surface area contributed by atoms with Crippen molar-refractivity contribution in [2.75, 3.05) is 7.05 Å². The Morgan fingerprint density at radius 3 is 2.26 bits per heavy atom. The van der Waals surface area contributed by atoms with Gasteiger partial charge in [0, 0.05) is 16.1 Å². The van der Waals surface area contributed by atoms with Crippen LogP contribution in [0.2, 0.25) is 10.0 Å². The predicted octanol–water partition coefficient (Wildman–Crippen LogP) is 4.81. The first-order valence-corrected chi connectivity index (χ1v) is 7.04. The lowest BCUT2D eigenvalue weighted by molar-refractivity contribution is 0.592. The zero-order valence-electron chi connectivity index (χ0n) is 11.1. The highest BCUT2D eigenvalue weighted by molar-refractivity contribution is 6.36. The quantitative estimate of drug-likeness (QED) is 0.853. The molecule has 0 amide bonds. The van der Waals surface area contributed by atoms with Crippen LogP contribution >= 0.6 is 23.2 Å². The average Bonchev–Trinajstić information content (AvgIpc) is 2.38. The van der Waals surface area contributed by atoms with Crippen LogP contribution in [0.5, 0.6) is 0 Å². The first-order valence-electron chi connectivity index (χ1n) is 6.28. The molecule has 1 atom stereocenters. The highest BCUT2D eigenvalue weighted by atomic mass is 35.5. The topological polar surface area (TPSA) is 12.0 Å². The van der Waals surface area contributed by atoms with Gasteiger partial charge in [-0.15, -0.1) is 0 Å². The van der Waals surface area contributed by atoms with Crippen LogP contribution in [0.3, 0.4) is 0 Å². The molecule has 100 valence electrons. The Kier molecular flexibility index (Phi) is 4.87. The van der Waals surface area contributed by atoms with Gasteiger partial charge in [0.2, 0.25) is 0 Å². The lowest BCUT2D eigenvalue weighted by Crippen LogP contribution is -2.19. The third-order valence-corrected chi connectivity index (χ3v) is 3.97. The van der Waals surface area contributed by atoms with Crippen LogP contribution in [-0.2, 0) is 6.42 Å². The lowest BCUT2D eigenvalue weighted by Gasteiger charge is -2.19. The average molecular weight is 294 g/mol. The molecule has 0 aromatic heterocycles. The largest absolute Gasteiger partial charge is 0.313 e. The van der Waals surface area contributed by atoms with E-state index >= 15 is 0 Å². The minimum atomic E-state index is 0.206. The van der Waals surface area contributed by atoms with Gasteiger partial charge in [-0.1, -0.05) is 59.1 Å². The van der Waals surface area contributed by atoms with Gasteiger partial charge < -0.3 is 5.32 Å². The Morgan fingerprint density at radius 2 is 1.68 bits per heavy atom. The Balaban J connectivity index is 2.29. The lowest BCUT2D eigenvalue weighted by atomic mass is 9.97. The Labute approximate surface area is 124 Å². The van der Waals surface area contributed by atoms with Crippen molar-refractivity contribution >= 4 is 23.2 Å². The normalized spacial score (nSPS) is 12.4. The summed E-state index contributed by atoms with van der Waals surface area (Å²) < 4.78 is 0. The van der Waals surface area contributed by atoms with E-state index in [1.54, 1.807) is 0 Å². The summed E-state index contributed by atoms with van der Waals surface area (Å²) in [7, 11) is 1.96. The minimum Gasteiger partial charge on any atom is -0.313 e. The van der Waals surface area contributed by atoms with E-state index in [9.17, 15) is 0 Å². The van der Waals surface area contributed by atoms with E-state index in [0.29, 0.717) is 0 Å². The number of hydrogen-bond acceptors (Lipinski definition) is 1. The fourth-order valence-electron chi connectivity index (χ4n) is 2.20. The second-order valence-corrected chi connectivity index (χ2v) is 5.47. The highest BCUT2D eigenvalue weighted by Gasteiger charge is 2.14. The molecule has 0 radical (unpaired) electrons. The zero-order valence-corrected chi connectivity index (χ0v) is 12.6. The fraction of sp³-hybridized carbons (Fsp3) is 0.250. The molecule has 1 nitrogen and oxygen atoms in total. The maximum Gasteiger partial charge on any atom is 0.0453 e. The molecule has 0 fully saturated rings. The van der Waals surface area contributed by atoms with Crippen molar-refractivity contribution in [2.24, 2.45) is 0 Å². The summed E-state index contributed by atoms with van der Waals surface area (Å²) in [6, 6.07) is 14.3. The predicted molar refractivity (Wildman–Crippen MR) is 83.1 cm³/mol. The standard InChI is InChI=1S/C16H17Cl2N/c1-11-5-3-6-12(9-11)16(19-2)10-13-14(17)7-4-8-15(13)18/h3-9,16,19H,10H2,1-2H3. The molecule has 0 heterocycles. The van der Waals surface area contributed by atoms with E-state index in [1.165, 1.54) is 11.1 Å². The van der Waals surface area contributed by atoms with Crippen LogP contribution in [0.15, 0.2) is 42.5 Å². The SMILES string of the molecule is CNC(Cc1c(Cl)cccc1Cl)c1cccc(C)c1. The molecular weight excluding hydrogens is 277 g/mol. The highest BCUT2D eigenvalue weighted by Crippen LogP contribution is 2.29. The summed E-state index contributed by atoms with van der Waals surface area (Å²) in [6.07, 6.45) is 0.776. The summed E-state index contributed by atoms with van der Waals surface area (Å²) >= 11 is 12.5. The summed E-state index contributed by atoms with van der Waals surface area (Å²) in [5.41, 5.74) is 3.49. The molecule has 2 aromatic carbocycles. The van der Waals surface area contributed by atoms with Gasteiger partial charge in [0.05, 0.1) is 0 Å². The molecular formula is C16H17Cl2N. The number of rotatable bonds is 4. The van der Waals surface area contributed by atoms with Crippen molar-refractivity contribution in [2.45, 2.75) is 19.4 Å². The summed E-state index contributed by atoms with van der Waals surface area (Å²) in [5.74, 6) is 0. The summed E-state index contributed by atoms with van der Waals surface area (Å²) in [6.45, 7) is 2.10. The van der Waals surface area contributed by atoms with Gasteiger partial charge in [0.25, 0.3) is 0 Å². The molecule has 0 saturated heterocycles. The van der Waals surface area contributed by atoms with Crippen LogP contribution in [0, 0.1) is 6.92 Å². The van der Waals surface area contributed by atoms with E-state index in [0.717, 1.165) is 22.0 Å². The van der Waals surface area contributed by atoms with Gasteiger partial charge in [-0.2, -0.15) is 0 Å². The second-order valence-electron chi connectivity index (χ2n) is 4.66. The second kappa shape index (κ2) is 6.42. The first kappa shape index (κ1) is 14.4. The first-order chi connectivity index (χ1) is 9.11. The molecule has 2 rings (SSSR count). The number of likely N-dealkylation sites (N-methyl/N-ethyl adjacent to an activating group) is 1. The van der Waals surface area contributed by atoms with Crippen LogP contribution in [0.4, 0.5) is 0 Å². The van der Waals surface area contributed by atoms with Crippen molar-refractivity contribution in [3.05, 3.63) is 69.2 Å². The van der Waals surface area contributed by atoms with Crippen LogP contribution < -0.4 is 5.32 Å². The van der Waals surface area contributed by atoms with Gasteiger partial charge in [-0.25, -0.2) is 0 Å². The van der Waals surface area contributed by atoms with E-state index in [4.69, 9.17) is 23.2 Å². The molecule has 19 heavy (non-hydrogen) atoms.